The van der Waals surface area contributed by atoms with E-state index < -0.39 is 5.97 Å². The monoisotopic (exact) mass is 488 g/mol. The van der Waals surface area contributed by atoms with Crippen LogP contribution in [0.3, 0.4) is 0 Å². The van der Waals surface area contributed by atoms with Gasteiger partial charge in [-0.15, -0.1) is 0 Å². The number of rotatable bonds is 8. The minimum atomic E-state index is -0.816. The van der Waals surface area contributed by atoms with E-state index in [2.05, 4.69) is 51.1 Å². The minimum absolute atomic E-state index is 0.0696. The summed E-state index contributed by atoms with van der Waals surface area (Å²) in [6.07, 6.45) is 1.13. The predicted octanol–water partition coefficient (Wildman–Crippen LogP) is 5.98. The molecule has 6 nitrogen and oxygen atoms in total. The van der Waals surface area contributed by atoms with Crippen LogP contribution in [0, 0.1) is 20.8 Å². The Hall–Kier alpha value is -3.51. The summed E-state index contributed by atoms with van der Waals surface area (Å²) in [6.45, 7) is 8.63. The van der Waals surface area contributed by atoms with E-state index in [9.17, 15) is 4.79 Å². The second kappa shape index (κ2) is 10.2. The first-order valence-corrected chi connectivity index (χ1v) is 12.4. The molecule has 1 N–H and O–H groups in total. The van der Waals surface area contributed by atoms with Crippen LogP contribution < -0.4 is 14.2 Å². The van der Waals surface area contributed by atoms with Gasteiger partial charge < -0.3 is 24.1 Å². The zero-order chi connectivity index (χ0) is 25.2. The van der Waals surface area contributed by atoms with Crippen molar-refractivity contribution in [1.82, 2.24) is 0 Å². The van der Waals surface area contributed by atoms with Crippen LogP contribution in [-0.4, -0.2) is 37.0 Å². The molecule has 3 aromatic rings. The van der Waals surface area contributed by atoms with Crippen molar-refractivity contribution in [2.45, 2.75) is 52.2 Å². The van der Waals surface area contributed by atoms with Crippen LogP contribution in [0.4, 0.5) is 0 Å². The van der Waals surface area contributed by atoms with Crippen LogP contribution in [0.1, 0.15) is 46.6 Å². The first kappa shape index (κ1) is 24.2. The molecule has 1 saturated heterocycles. The predicted molar refractivity (Wildman–Crippen MR) is 137 cm³/mol. The highest BCUT2D eigenvalue weighted by molar-refractivity contribution is 5.75. The van der Waals surface area contributed by atoms with Gasteiger partial charge in [0.05, 0.1) is 26.2 Å². The fourth-order valence-electron chi connectivity index (χ4n) is 5.21. The van der Waals surface area contributed by atoms with E-state index in [1.165, 1.54) is 27.8 Å². The molecule has 0 aliphatic carbocycles. The number of aliphatic carboxylic acids is 1. The standard InChI is InChI=1S/C30H32O6/c1-18-11-25(36-24-9-10-33-17-24)12-19(2)30(18)26-6-4-5-21(20(26)3)15-34-23-7-8-27-22(13-29(31)32)16-35-28(27)14-23/h4-8,11-12,14,22,24H,9-10,13,15-17H2,1-3H3,(H,31,32)/t22-,24-/m1/s1. The van der Waals surface area contributed by atoms with Crippen molar-refractivity contribution in [3.8, 4) is 28.4 Å². The van der Waals surface area contributed by atoms with Gasteiger partial charge in [0.15, 0.2) is 0 Å². The minimum Gasteiger partial charge on any atom is -0.492 e. The molecule has 2 heterocycles. The number of fused-ring (bicyclic) bond motifs is 1. The van der Waals surface area contributed by atoms with Gasteiger partial charge >= 0.3 is 5.97 Å². The van der Waals surface area contributed by atoms with Gasteiger partial charge in [-0.25, -0.2) is 0 Å². The van der Waals surface area contributed by atoms with Crippen molar-refractivity contribution < 1.29 is 28.8 Å². The zero-order valence-corrected chi connectivity index (χ0v) is 21.0. The summed E-state index contributed by atoms with van der Waals surface area (Å²) >= 11 is 0. The zero-order valence-electron chi connectivity index (χ0n) is 21.0. The molecule has 2 aliphatic heterocycles. The Morgan fingerprint density at radius 3 is 2.56 bits per heavy atom. The summed E-state index contributed by atoms with van der Waals surface area (Å²) in [5.74, 6) is 1.38. The maximum absolute atomic E-state index is 11.1. The van der Waals surface area contributed by atoms with Crippen LogP contribution in [-0.2, 0) is 16.1 Å². The van der Waals surface area contributed by atoms with Crippen molar-refractivity contribution in [2.75, 3.05) is 19.8 Å². The van der Waals surface area contributed by atoms with Crippen molar-refractivity contribution >= 4 is 5.97 Å². The highest BCUT2D eigenvalue weighted by Crippen LogP contribution is 2.39. The Labute approximate surface area is 211 Å². The lowest BCUT2D eigenvalue weighted by Gasteiger charge is -2.19. The normalized spacial score (nSPS) is 18.5. The average Bonchev–Trinajstić information content (AvgIpc) is 3.48. The third-order valence-electron chi connectivity index (χ3n) is 7.09. The lowest BCUT2D eigenvalue weighted by atomic mass is 9.90. The Morgan fingerprint density at radius 2 is 1.83 bits per heavy atom. The van der Waals surface area contributed by atoms with Gasteiger partial charge in [-0.1, -0.05) is 24.3 Å². The summed E-state index contributed by atoms with van der Waals surface area (Å²) in [5.41, 5.74) is 7.99. The quantitative estimate of drug-likeness (QED) is 0.421. The van der Waals surface area contributed by atoms with E-state index in [1.807, 2.05) is 18.2 Å². The molecule has 3 aromatic carbocycles. The second-order valence-corrected chi connectivity index (χ2v) is 9.72. The average molecular weight is 489 g/mol. The molecule has 0 radical (unpaired) electrons. The molecule has 0 amide bonds. The van der Waals surface area contributed by atoms with Crippen molar-refractivity contribution in [3.05, 3.63) is 76.3 Å². The van der Waals surface area contributed by atoms with E-state index in [4.69, 9.17) is 24.1 Å². The molecular formula is C30H32O6. The number of benzene rings is 3. The molecule has 0 bridgehead atoms. The molecule has 1 fully saturated rings. The van der Waals surface area contributed by atoms with Gasteiger partial charge in [0.2, 0.25) is 0 Å². The number of carboxylic acid groups (broad SMARTS) is 1. The fraction of sp³-hybridized carbons (Fsp3) is 0.367. The van der Waals surface area contributed by atoms with Crippen LogP contribution in [0.5, 0.6) is 17.2 Å². The van der Waals surface area contributed by atoms with E-state index in [-0.39, 0.29) is 18.4 Å². The number of carboxylic acids is 1. The molecule has 2 aliphatic rings. The maximum Gasteiger partial charge on any atom is 0.304 e. The van der Waals surface area contributed by atoms with Gasteiger partial charge in [-0.05, 0) is 72.4 Å². The SMILES string of the molecule is Cc1cc(O[C@@H]2CCOC2)cc(C)c1-c1cccc(COc2ccc3c(c2)OC[C@H]3CC(=O)O)c1C. The third-order valence-corrected chi connectivity index (χ3v) is 7.09. The van der Waals surface area contributed by atoms with Crippen LogP contribution in [0.2, 0.25) is 0 Å². The van der Waals surface area contributed by atoms with Gasteiger partial charge in [0, 0.05) is 24.0 Å². The highest BCUT2D eigenvalue weighted by atomic mass is 16.5. The fourth-order valence-corrected chi connectivity index (χ4v) is 5.21. The van der Waals surface area contributed by atoms with Gasteiger partial charge in [0.25, 0.3) is 0 Å². The molecule has 0 spiro atoms. The van der Waals surface area contributed by atoms with E-state index in [0.29, 0.717) is 31.3 Å². The Kier molecular flexibility index (Phi) is 6.88. The van der Waals surface area contributed by atoms with Crippen molar-refractivity contribution in [3.63, 3.8) is 0 Å². The molecule has 6 heteroatoms. The number of hydrogen-bond donors (Lipinski definition) is 1. The Morgan fingerprint density at radius 1 is 1.03 bits per heavy atom. The first-order chi connectivity index (χ1) is 17.4. The van der Waals surface area contributed by atoms with Crippen LogP contribution in [0.15, 0.2) is 48.5 Å². The van der Waals surface area contributed by atoms with Crippen molar-refractivity contribution in [1.29, 1.82) is 0 Å². The summed E-state index contributed by atoms with van der Waals surface area (Å²) in [4.78, 5) is 11.1. The van der Waals surface area contributed by atoms with Gasteiger partial charge in [-0.2, -0.15) is 0 Å². The van der Waals surface area contributed by atoms with Gasteiger partial charge in [-0.3, -0.25) is 4.79 Å². The van der Waals surface area contributed by atoms with E-state index >= 15 is 0 Å². The number of carbonyl (C=O) groups is 1. The lowest BCUT2D eigenvalue weighted by molar-refractivity contribution is -0.137. The molecule has 0 saturated carbocycles. The molecule has 2 atom stereocenters. The molecular weight excluding hydrogens is 456 g/mol. The summed E-state index contributed by atoms with van der Waals surface area (Å²) < 4.78 is 23.4. The lowest BCUT2D eigenvalue weighted by Crippen LogP contribution is -2.15. The highest BCUT2D eigenvalue weighted by Gasteiger charge is 2.26. The third kappa shape index (κ3) is 5.05. The molecule has 188 valence electrons. The number of aryl methyl sites for hydroxylation is 2. The van der Waals surface area contributed by atoms with Crippen LogP contribution >= 0.6 is 0 Å². The van der Waals surface area contributed by atoms with Gasteiger partial charge in [0.1, 0.15) is 30.0 Å². The van der Waals surface area contributed by atoms with E-state index in [0.717, 1.165) is 29.9 Å². The number of hydrogen-bond acceptors (Lipinski definition) is 5. The Balaban J connectivity index is 1.32. The summed E-state index contributed by atoms with van der Waals surface area (Å²) in [7, 11) is 0. The topological polar surface area (TPSA) is 74.2 Å². The van der Waals surface area contributed by atoms with Crippen molar-refractivity contribution in [2.24, 2.45) is 0 Å². The smallest absolute Gasteiger partial charge is 0.304 e. The summed E-state index contributed by atoms with van der Waals surface area (Å²) in [5, 5.41) is 9.11. The Bertz CT molecular complexity index is 1250. The molecule has 36 heavy (non-hydrogen) atoms. The summed E-state index contributed by atoms with van der Waals surface area (Å²) in [6, 6.07) is 16.2. The molecule has 5 rings (SSSR count). The second-order valence-electron chi connectivity index (χ2n) is 9.72. The first-order valence-electron chi connectivity index (χ1n) is 12.4. The largest absolute Gasteiger partial charge is 0.492 e. The maximum atomic E-state index is 11.1. The molecule has 0 unspecified atom stereocenters. The molecule has 0 aromatic heterocycles. The van der Waals surface area contributed by atoms with E-state index in [1.54, 1.807) is 0 Å². The van der Waals surface area contributed by atoms with Crippen LogP contribution in [0.25, 0.3) is 11.1 Å². The number of ether oxygens (including phenoxy) is 4.